The van der Waals surface area contributed by atoms with Crippen molar-refractivity contribution < 1.29 is 23.9 Å². The van der Waals surface area contributed by atoms with E-state index in [9.17, 15) is 14.4 Å². The Hall–Kier alpha value is -1.93. The second-order valence-electron chi connectivity index (χ2n) is 7.01. The van der Waals surface area contributed by atoms with Gasteiger partial charge in [-0.1, -0.05) is 19.9 Å². The molecule has 0 aromatic heterocycles. The van der Waals surface area contributed by atoms with Gasteiger partial charge in [-0.3, -0.25) is 9.59 Å². The summed E-state index contributed by atoms with van der Waals surface area (Å²) in [7, 11) is 4.82. The van der Waals surface area contributed by atoms with Crippen LogP contribution in [0.2, 0.25) is 0 Å². The molecule has 0 saturated heterocycles. The molecule has 0 heterocycles. The predicted octanol–water partition coefficient (Wildman–Crippen LogP) is 0.720. The number of nitrogens with zero attached hydrogens (tertiary/aromatic N) is 1. The van der Waals surface area contributed by atoms with Crippen LogP contribution in [0.1, 0.15) is 34.6 Å². The van der Waals surface area contributed by atoms with Crippen LogP contribution < -0.4 is 10.6 Å². The van der Waals surface area contributed by atoms with E-state index < -0.39 is 11.5 Å². The molecule has 2 amide bonds. The van der Waals surface area contributed by atoms with Crippen molar-refractivity contribution in [3.05, 3.63) is 11.6 Å². The Labute approximate surface area is 162 Å². The Bertz CT molecular complexity index is 547. The number of hydrogen-bond donors (Lipinski definition) is 2. The normalized spacial score (nSPS) is 15.1. The smallest absolute Gasteiger partial charge is 0.333 e. The third-order valence-corrected chi connectivity index (χ3v) is 4.43. The topological polar surface area (TPSA) is 97.0 Å². The van der Waals surface area contributed by atoms with Crippen LogP contribution in [0, 0.1) is 5.92 Å². The molecule has 8 nitrogen and oxygen atoms in total. The highest BCUT2D eigenvalue weighted by Crippen LogP contribution is 2.14. The Balaban J connectivity index is 5.08. The average Bonchev–Trinajstić information content (AvgIpc) is 2.62. The third kappa shape index (κ3) is 7.68. The fraction of sp³-hybridized carbons (Fsp3) is 0.737. The molecule has 2 N–H and O–H groups in total. The largest absolute Gasteiger partial charge is 0.463 e. The van der Waals surface area contributed by atoms with Crippen LogP contribution in [0.4, 0.5) is 0 Å². The lowest BCUT2D eigenvalue weighted by molar-refractivity contribution is -0.138. The number of methoxy groups -OCH3 is 1. The van der Waals surface area contributed by atoms with Crippen molar-refractivity contribution in [1.82, 2.24) is 15.5 Å². The third-order valence-electron chi connectivity index (χ3n) is 4.43. The van der Waals surface area contributed by atoms with Gasteiger partial charge in [-0.05, 0) is 33.7 Å². The van der Waals surface area contributed by atoms with Gasteiger partial charge in [-0.2, -0.15) is 0 Å². The van der Waals surface area contributed by atoms with Gasteiger partial charge in [0.05, 0.1) is 25.8 Å². The van der Waals surface area contributed by atoms with E-state index in [-0.39, 0.29) is 36.9 Å². The van der Waals surface area contributed by atoms with Crippen molar-refractivity contribution in [3.63, 3.8) is 0 Å². The summed E-state index contributed by atoms with van der Waals surface area (Å²) in [4.78, 5) is 38.3. The van der Waals surface area contributed by atoms with Gasteiger partial charge in [-0.25, -0.2) is 4.79 Å². The number of nitrogens with one attached hydrogen (secondary N) is 2. The van der Waals surface area contributed by atoms with Gasteiger partial charge in [0.25, 0.3) is 0 Å². The Morgan fingerprint density at radius 2 is 1.85 bits per heavy atom. The second-order valence-corrected chi connectivity index (χ2v) is 7.01. The Morgan fingerprint density at radius 3 is 2.30 bits per heavy atom. The van der Waals surface area contributed by atoms with E-state index in [1.165, 1.54) is 12.0 Å². The zero-order chi connectivity index (χ0) is 21.2. The lowest BCUT2D eigenvalue weighted by Crippen LogP contribution is -2.58. The zero-order valence-electron chi connectivity index (χ0n) is 17.8. The molecule has 0 aliphatic heterocycles. The highest BCUT2D eigenvalue weighted by Gasteiger charge is 2.32. The van der Waals surface area contributed by atoms with Gasteiger partial charge in [0, 0.05) is 19.7 Å². The molecular formula is C19H35N3O5. The molecule has 0 fully saturated rings. The van der Waals surface area contributed by atoms with Crippen LogP contribution in [0.3, 0.4) is 0 Å². The molecule has 8 heteroatoms. The summed E-state index contributed by atoms with van der Waals surface area (Å²) in [6.07, 6.45) is 1.73. The van der Waals surface area contributed by atoms with Crippen molar-refractivity contribution >= 4 is 17.8 Å². The lowest BCUT2D eigenvalue weighted by atomic mass is 10.00. The van der Waals surface area contributed by atoms with Crippen LogP contribution in [-0.4, -0.2) is 75.2 Å². The molecule has 0 radical (unpaired) electrons. The zero-order valence-corrected chi connectivity index (χ0v) is 17.8. The quantitative estimate of drug-likeness (QED) is 0.402. The number of amides is 2. The van der Waals surface area contributed by atoms with E-state index in [4.69, 9.17) is 9.47 Å². The minimum Gasteiger partial charge on any atom is -0.463 e. The summed E-state index contributed by atoms with van der Waals surface area (Å²) in [6, 6.07) is -0.298. The predicted molar refractivity (Wildman–Crippen MR) is 104 cm³/mol. The first-order chi connectivity index (χ1) is 12.5. The molecule has 0 aliphatic carbocycles. The second kappa shape index (κ2) is 11.7. The van der Waals surface area contributed by atoms with Crippen molar-refractivity contribution in [2.75, 3.05) is 41.0 Å². The van der Waals surface area contributed by atoms with E-state index in [1.54, 1.807) is 40.9 Å². The molecule has 0 bridgehead atoms. The maximum Gasteiger partial charge on any atom is 0.333 e. The Kier molecular flexibility index (Phi) is 10.9. The van der Waals surface area contributed by atoms with Crippen molar-refractivity contribution in [2.24, 2.45) is 5.92 Å². The summed E-state index contributed by atoms with van der Waals surface area (Å²) in [5.74, 6) is -0.907. The summed E-state index contributed by atoms with van der Waals surface area (Å²) >= 11 is 0. The Morgan fingerprint density at radius 1 is 1.26 bits per heavy atom. The molecule has 1 unspecified atom stereocenters. The van der Waals surface area contributed by atoms with E-state index in [1.807, 2.05) is 13.8 Å². The van der Waals surface area contributed by atoms with Crippen LogP contribution in [0.25, 0.3) is 0 Å². The molecule has 0 aromatic rings. The van der Waals surface area contributed by atoms with Crippen molar-refractivity contribution in [1.29, 1.82) is 0 Å². The molecule has 27 heavy (non-hydrogen) atoms. The SMILES string of the molecule is CCOC(=O)/C(C)=C/[C@H](C(C)C)N(C)C(=O)CNC(=O)C(C)(COC)NC. The number of carbonyl (C=O) groups is 3. The molecule has 0 rings (SSSR count). The van der Waals surface area contributed by atoms with Crippen LogP contribution in [0.15, 0.2) is 11.6 Å². The number of likely N-dealkylation sites (N-methyl/N-ethyl adjacent to an activating group) is 2. The fourth-order valence-corrected chi connectivity index (χ4v) is 2.50. The van der Waals surface area contributed by atoms with E-state index >= 15 is 0 Å². The van der Waals surface area contributed by atoms with Crippen molar-refractivity contribution in [2.45, 2.75) is 46.2 Å². The standard InChI is InChI=1S/C19H35N3O5/c1-9-27-17(24)14(4)10-15(13(2)3)22(7)16(23)11-21-18(25)19(5,20-6)12-26-8/h10,13,15,20H,9,11-12H2,1-8H3,(H,21,25)/b14-10+/t15-,19?/m1/s1. The van der Waals surface area contributed by atoms with Gasteiger partial charge in [0.2, 0.25) is 11.8 Å². The molecule has 0 aromatic carbocycles. The van der Waals surface area contributed by atoms with Gasteiger partial charge in [0.1, 0.15) is 5.54 Å². The molecule has 0 aliphatic rings. The summed E-state index contributed by atoms with van der Waals surface area (Å²) in [5.41, 5.74) is -0.479. The first-order valence-corrected chi connectivity index (χ1v) is 9.11. The van der Waals surface area contributed by atoms with Crippen molar-refractivity contribution in [3.8, 4) is 0 Å². The van der Waals surface area contributed by atoms with Crippen LogP contribution in [0.5, 0.6) is 0 Å². The monoisotopic (exact) mass is 385 g/mol. The van der Waals surface area contributed by atoms with Gasteiger partial charge in [0.15, 0.2) is 0 Å². The molecule has 0 saturated carbocycles. The van der Waals surface area contributed by atoms with E-state index in [0.29, 0.717) is 12.2 Å². The molecule has 0 spiro atoms. The number of esters is 1. The van der Waals surface area contributed by atoms with Gasteiger partial charge >= 0.3 is 5.97 Å². The number of carbonyl (C=O) groups excluding carboxylic acids is 3. The molecule has 156 valence electrons. The average molecular weight is 386 g/mol. The molecule has 2 atom stereocenters. The van der Waals surface area contributed by atoms with Crippen LogP contribution in [-0.2, 0) is 23.9 Å². The van der Waals surface area contributed by atoms with E-state index in [0.717, 1.165) is 0 Å². The van der Waals surface area contributed by atoms with Gasteiger partial charge < -0.3 is 25.0 Å². The lowest BCUT2D eigenvalue weighted by Gasteiger charge is -2.31. The van der Waals surface area contributed by atoms with E-state index in [2.05, 4.69) is 10.6 Å². The number of ether oxygens (including phenoxy) is 2. The first kappa shape index (κ1) is 25.1. The number of rotatable bonds is 11. The minimum atomic E-state index is -0.925. The fourth-order valence-electron chi connectivity index (χ4n) is 2.50. The first-order valence-electron chi connectivity index (χ1n) is 9.11. The van der Waals surface area contributed by atoms with Gasteiger partial charge in [-0.15, -0.1) is 0 Å². The minimum absolute atomic E-state index is 0.0788. The molecular weight excluding hydrogens is 350 g/mol. The maximum absolute atomic E-state index is 12.6. The summed E-state index contributed by atoms with van der Waals surface area (Å²) < 4.78 is 10.0. The highest BCUT2D eigenvalue weighted by atomic mass is 16.5. The maximum atomic E-state index is 12.6. The van der Waals surface area contributed by atoms with Crippen LogP contribution >= 0.6 is 0 Å². The number of hydrogen-bond acceptors (Lipinski definition) is 6. The highest BCUT2D eigenvalue weighted by molar-refractivity contribution is 5.90. The summed E-state index contributed by atoms with van der Waals surface area (Å²) in [6.45, 7) is 9.34. The summed E-state index contributed by atoms with van der Waals surface area (Å²) in [5, 5.41) is 5.55.